The van der Waals surface area contributed by atoms with Gasteiger partial charge in [-0.3, -0.25) is 0 Å². The number of rotatable bonds is 2. The van der Waals surface area contributed by atoms with Gasteiger partial charge in [0.15, 0.2) is 0 Å². The van der Waals surface area contributed by atoms with E-state index in [1.165, 1.54) is 5.56 Å². The van der Waals surface area contributed by atoms with Crippen molar-refractivity contribution in [2.75, 3.05) is 5.32 Å². The lowest BCUT2D eigenvalue weighted by molar-refractivity contribution is 1.13. The zero-order valence-corrected chi connectivity index (χ0v) is 8.86. The number of hydrogen-bond acceptors (Lipinski definition) is 3. The first-order valence-corrected chi connectivity index (χ1v) is 4.86. The van der Waals surface area contributed by atoms with E-state index in [0.717, 1.165) is 17.1 Å². The molecule has 15 heavy (non-hydrogen) atoms. The van der Waals surface area contributed by atoms with E-state index < -0.39 is 0 Å². The molecule has 3 heteroatoms. The van der Waals surface area contributed by atoms with Crippen molar-refractivity contribution in [3.63, 3.8) is 0 Å². The molecule has 0 atom stereocenters. The molecule has 1 N–H and O–H groups in total. The van der Waals surface area contributed by atoms with Crippen molar-refractivity contribution in [1.29, 1.82) is 0 Å². The number of aromatic nitrogens is 2. The lowest BCUT2D eigenvalue weighted by Crippen LogP contribution is -1.98. The number of hydrogen-bond donors (Lipinski definition) is 1. The molecule has 0 amide bonds. The number of nitrogens with one attached hydrogen (secondary N) is 1. The molecule has 2 aromatic rings. The van der Waals surface area contributed by atoms with E-state index >= 15 is 0 Å². The molecule has 1 aromatic carbocycles. The molecule has 0 bridgehead atoms. The summed E-state index contributed by atoms with van der Waals surface area (Å²) in [7, 11) is 0. The Kier molecular flexibility index (Phi) is 2.63. The van der Waals surface area contributed by atoms with Gasteiger partial charge < -0.3 is 5.32 Å². The normalized spacial score (nSPS) is 10.0. The van der Waals surface area contributed by atoms with Gasteiger partial charge in [0, 0.05) is 17.4 Å². The molecule has 76 valence electrons. The Labute approximate surface area is 89.2 Å². The van der Waals surface area contributed by atoms with Crippen molar-refractivity contribution in [2.24, 2.45) is 0 Å². The van der Waals surface area contributed by atoms with E-state index in [1.807, 2.05) is 25.1 Å². The summed E-state index contributed by atoms with van der Waals surface area (Å²) in [5, 5.41) is 3.29. The SMILES string of the molecule is Cc1ccccc1Nc1ncncc1C. The summed E-state index contributed by atoms with van der Waals surface area (Å²) in [4.78, 5) is 8.15. The highest BCUT2D eigenvalue weighted by molar-refractivity contribution is 5.61. The van der Waals surface area contributed by atoms with Gasteiger partial charge in [-0.25, -0.2) is 9.97 Å². The maximum absolute atomic E-state index is 4.19. The molecular weight excluding hydrogens is 186 g/mol. The fourth-order valence-corrected chi connectivity index (χ4v) is 1.37. The number of nitrogens with zero attached hydrogens (tertiary/aromatic N) is 2. The highest BCUT2D eigenvalue weighted by Gasteiger charge is 2.01. The van der Waals surface area contributed by atoms with E-state index in [2.05, 4.69) is 28.3 Å². The number of anilines is 2. The summed E-state index contributed by atoms with van der Waals surface area (Å²) in [5.74, 6) is 0.860. The predicted molar refractivity (Wildman–Crippen MR) is 61.2 cm³/mol. The van der Waals surface area contributed by atoms with Crippen molar-refractivity contribution in [3.05, 3.63) is 47.9 Å². The monoisotopic (exact) mass is 199 g/mol. The van der Waals surface area contributed by atoms with Crippen LogP contribution in [0.2, 0.25) is 0 Å². The Morgan fingerprint density at radius 3 is 2.60 bits per heavy atom. The first kappa shape index (κ1) is 9.65. The van der Waals surface area contributed by atoms with Gasteiger partial charge in [0.2, 0.25) is 0 Å². The predicted octanol–water partition coefficient (Wildman–Crippen LogP) is 2.84. The van der Waals surface area contributed by atoms with Crippen LogP contribution in [0.5, 0.6) is 0 Å². The third kappa shape index (κ3) is 2.13. The van der Waals surface area contributed by atoms with Crippen LogP contribution in [-0.4, -0.2) is 9.97 Å². The van der Waals surface area contributed by atoms with Gasteiger partial charge in [0.25, 0.3) is 0 Å². The fraction of sp³-hybridized carbons (Fsp3) is 0.167. The van der Waals surface area contributed by atoms with E-state index in [0.29, 0.717) is 0 Å². The van der Waals surface area contributed by atoms with E-state index in [-0.39, 0.29) is 0 Å². The van der Waals surface area contributed by atoms with Gasteiger partial charge in [-0.05, 0) is 25.5 Å². The van der Waals surface area contributed by atoms with Gasteiger partial charge >= 0.3 is 0 Å². The lowest BCUT2D eigenvalue weighted by Gasteiger charge is -2.09. The zero-order chi connectivity index (χ0) is 10.7. The Bertz CT molecular complexity index is 422. The third-order valence-electron chi connectivity index (χ3n) is 2.29. The number of benzene rings is 1. The van der Waals surface area contributed by atoms with Crippen LogP contribution in [-0.2, 0) is 0 Å². The molecule has 1 heterocycles. The summed E-state index contributed by atoms with van der Waals surface area (Å²) in [6, 6.07) is 8.13. The second-order valence-electron chi connectivity index (χ2n) is 3.49. The van der Waals surface area contributed by atoms with Crippen LogP contribution in [0, 0.1) is 13.8 Å². The summed E-state index contributed by atoms with van der Waals surface area (Å²) in [6.45, 7) is 4.06. The van der Waals surface area contributed by atoms with Crippen LogP contribution in [0.4, 0.5) is 11.5 Å². The van der Waals surface area contributed by atoms with E-state index in [4.69, 9.17) is 0 Å². The van der Waals surface area contributed by atoms with Gasteiger partial charge in [-0.15, -0.1) is 0 Å². The van der Waals surface area contributed by atoms with Crippen molar-refractivity contribution in [2.45, 2.75) is 13.8 Å². The Morgan fingerprint density at radius 1 is 1.07 bits per heavy atom. The molecular formula is C12H13N3. The summed E-state index contributed by atoms with van der Waals surface area (Å²) < 4.78 is 0. The smallest absolute Gasteiger partial charge is 0.136 e. The molecule has 0 saturated carbocycles. The molecule has 2 rings (SSSR count). The molecule has 3 nitrogen and oxygen atoms in total. The molecule has 1 aromatic heterocycles. The van der Waals surface area contributed by atoms with Crippen LogP contribution >= 0.6 is 0 Å². The summed E-state index contributed by atoms with van der Waals surface area (Å²) >= 11 is 0. The maximum atomic E-state index is 4.19. The quantitative estimate of drug-likeness (QED) is 0.808. The lowest BCUT2D eigenvalue weighted by atomic mass is 10.2. The standard InChI is InChI=1S/C12H13N3/c1-9-5-3-4-6-11(9)15-12-10(2)7-13-8-14-12/h3-8H,1-2H3,(H,13,14,15). The maximum Gasteiger partial charge on any atom is 0.136 e. The zero-order valence-electron chi connectivity index (χ0n) is 8.86. The minimum atomic E-state index is 0.860. The van der Waals surface area contributed by atoms with Gasteiger partial charge in [-0.1, -0.05) is 18.2 Å². The molecule has 0 saturated heterocycles. The van der Waals surface area contributed by atoms with Gasteiger partial charge in [-0.2, -0.15) is 0 Å². The second kappa shape index (κ2) is 4.09. The average Bonchev–Trinajstić information content (AvgIpc) is 2.24. The van der Waals surface area contributed by atoms with Crippen LogP contribution in [0.15, 0.2) is 36.8 Å². The van der Waals surface area contributed by atoms with Gasteiger partial charge in [0.05, 0.1) is 0 Å². The first-order valence-electron chi connectivity index (χ1n) is 4.86. The fourth-order valence-electron chi connectivity index (χ4n) is 1.37. The number of aryl methyl sites for hydroxylation is 2. The molecule has 0 spiro atoms. The third-order valence-corrected chi connectivity index (χ3v) is 2.29. The molecule has 0 radical (unpaired) electrons. The van der Waals surface area contributed by atoms with Crippen molar-refractivity contribution in [1.82, 2.24) is 9.97 Å². The van der Waals surface area contributed by atoms with Crippen molar-refractivity contribution < 1.29 is 0 Å². The molecule has 0 aliphatic heterocycles. The number of para-hydroxylation sites is 1. The Hall–Kier alpha value is -1.90. The second-order valence-corrected chi connectivity index (χ2v) is 3.49. The highest BCUT2D eigenvalue weighted by atomic mass is 15.0. The average molecular weight is 199 g/mol. The Morgan fingerprint density at radius 2 is 1.87 bits per heavy atom. The highest BCUT2D eigenvalue weighted by Crippen LogP contribution is 2.19. The van der Waals surface area contributed by atoms with Crippen LogP contribution in [0.25, 0.3) is 0 Å². The summed E-state index contributed by atoms with van der Waals surface area (Å²) in [6.07, 6.45) is 3.35. The minimum Gasteiger partial charge on any atom is -0.340 e. The summed E-state index contributed by atoms with van der Waals surface area (Å²) in [5.41, 5.74) is 3.33. The van der Waals surface area contributed by atoms with Crippen molar-refractivity contribution >= 4 is 11.5 Å². The van der Waals surface area contributed by atoms with Gasteiger partial charge in [0.1, 0.15) is 12.1 Å². The molecule has 0 aliphatic rings. The van der Waals surface area contributed by atoms with Crippen molar-refractivity contribution in [3.8, 4) is 0 Å². The van der Waals surface area contributed by atoms with Crippen LogP contribution in [0.1, 0.15) is 11.1 Å². The van der Waals surface area contributed by atoms with E-state index in [1.54, 1.807) is 12.5 Å². The topological polar surface area (TPSA) is 37.8 Å². The van der Waals surface area contributed by atoms with Crippen LogP contribution in [0.3, 0.4) is 0 Å². The molecule has 0 aliphatic carbocycles. The molecule has 0 fully saturated rings. The molecule has 0 unspecified atom stereocenters. The van der Waals surface area contributed by atoms with E-state index in [9.17, 15) is 0 Å². The first-order chi connectivity index (χ1) is 7.27. The minimum absolute atomic E-state index is 0.860. The Balaban J connectivity index is 2.30. The largest absolute Gasteiger partial charge is 0.340 e. The van der Waals surface area contributed by atoms with Crippen LogP contribution < -0.4 is 5.32 Å².